The fourth-order valence-electron chi connectivity index (χ4n) is 3.56. The summed E-state index contributed by atoms with van der Waals surface area (Å²) in [6, 6.07) is 16.6. The second-order valence-corrected chi connectivity index (χ2v) is 10.4. The van der Waals surface area contributed by atoms with E-state index in [1.54, 1.807) is 20.8 Å². The SMILES string of the molecule is CC(C)CC(NC(=O)C(Cc1ccccc1)NC(=O)CNC(=O)OC(C)(C)C)C(=O)OCc1ccccc1. The molecule has 2 atom stereocenters. The molecule has 0 saturated carbocycles. The summed E-state index contributed by atoms with van der Waals surface area (Å²) in [5.41, 5.74) is 0.943. The van der Waals surface area contributed by atoms with Gasteiger partial charge in [0.25, 0.3) is 0 Å². The van der Waals surface area contributed by atoms with Crippen molar-refractivity contribution in [2.45, 2.75) is 71.8 Å². The van der Waals surface area contributed by atoms with Crippen molar-refractivity contribution >= 4 is 23.9 Å². The lowest BCUT2D eigenvalue weighted by Crippen LogP contribution is -2.54. The quantitative estimate of drug-likeness (QED) is 0.365. The van der Waals surface area contributed by atoms with Gasteiger partial charge in [-0.2, -0.15) is 0 Å². The zero-order valence-corrected chi connectivity index (χ0v) is 22.8. The maximum Gasteiger partial charge on any atom is 0.408 e. The maximum absolute atomic E-state index is 13.3. The zero-order valence-electron chi connectivity index (χ0n) is 22.8. The smallest absolute Gasteiger partial charge is 0.408 e. The Hall–Kier alpha value is -3.88. The standard InChI is InChI=1S/C29H39N3O6/c1-20(2)16-24(27(35)37-19-22-14-10-7-11-15-22)32-26(34)23(17-21-12-8-6-9-13-21)31-25(33)18-30-28(36)38-29(3,4)5/h6-15,20,23-24H,16-19H2,1-5H3,(H,30,36)(H,31,33)(H,32,34). The number of hydrogen-bond acceptors (Lipinski definition) is 6. The number of esters is 1. The molecule has 0 saturated heterocycles. The normalized spacial score (nSPS) is 12.7. The van der Waals surface area contributed by atoms with Crippen molar-refractivity contribution in [2.24, 2.45) is 5.92 Å². The molecule has 9 nitrogen and oxygen atoms in total. The molecule has 2 aromatic rings. The van der Waals surface area contributed by atoms with E-state index < -0.39 is 41.6 Å². The molecular formula is C29H39N3O6. The number of carbonyl (C=O) groups excluding carboxylic acids is 4. The third kappa shape index (κ3) is 11.9. The van der Waals surface area contributed by atoms with Gasteiger partial charge in [0, 0.05) is 6.42 Å². The van der Waals surface area contributed by atoms with Crippen molar-refractivity contribution in [2.75, 3.05) is 6.54 Å². The van der Waals surface area contributed by atoms with Gasteiger partial charge in [-0.1, -0.05) is 74.5 Å². The van der Waals surface area contributed by atoms with E-state index in [-0.39, 0.29) is 25.5 Å². The van der Waals surface area contributed by atoms with Gasteiger partial charge in [0.05, 0.1) is 0 Å². The fraction of sp³-hybridized carbons (Fsp3) is 0.448. The molecule has 0 bridgehead atoms. The number of benzene rings is 2. The molecule has 0 aliphatic carbocycles. The minimum absolute atomic E-state index is 0.0880. The van der Waals surface area contributed by atoms with Crippen LogP contribution in [0.25, 0.3) is 0 Å². The van der Waals surface area contributed by atoms with Gasteiger partial charge in [0.1, 0.15) is 30.8 Å². The van der Waals surface area contributed by atoms with E-state index in [1.807, 2.05) is 74.5 Å². The van der Waals surface area contributed by atoms with E-state index in [1.165, 1.54) is 0 Å². The molecule has 2 rings (SSSR count). The Morgan fingerprint density at radius 2 is 1.39 bits per heavy atom. The number of hydrogen-bond donors (Lipinski definition) is 3. The van der Waals surface area contributed by atoms with Gasteiger partial charge in [0.15, 0.2) is 0 Å². The fourth-order valence-corrected chi connectivity index (χ4v) is 3.56. The highest BCUT2D eigenvalue weighted by Crippen LogP contribution is 2.11. The highest BCUT2D eigenvalue weighted by atomic mass is 16.6. The third-order valence-corrected chi connectivity index (χ3v) is 5.26. The Kier molecular flexibility index (Phi) is 11.8. The first-order valence-electron chi connectivity index (χ1n) is 12.7. The zero-order chi connectivity index (χ0) is 28.1. The average molecular weight is 526 g/mol. The first-order valence-corrected chi connectivity index (χ1v) is 12.7. The highest BCUT2D eigenvalue weighted by molar-refractivity contribution is 5.92. The van der Waals surface area contributed by atoms with Crippen LogP contribution in [0.15, 0.2) is 60.7 Å². The molecule has 2 aromatic carbocycles. The van der Waals surface area contributed by atoms with Crippen molar-refractivity contribution in [1.82, 2.24) is 16.0 Å². The van der Waals surface area contributed by atoms with Gasteiger partial charge in [-0.25, -0.2) is 9.59 Å². The Labute approximate surface area is 224 Å². The van der Waals surface area contributed by atoms with Crippen molar-refractivity contribution in [3.05, 3.63) is 71.8 Å². The minimum atomic E-state index is -0.984. The third-order valence-electron chi connectivity index (χ3n) is 5.26. The molecule has 0 radical (unpaired) electrons. The molecule has 3 N–H and O–H groups in total. The van der Waals surface area contributed by atoms with Crippen LogP contribution in [-0.2, 0) is 36.9 Å². The summed E-state index contributed by atoms with van der Waals surface area (Å²) < 4.78 is 10.6. The molecule has 0 aliphatic rings. The summed E-state index contributed by atoms with van der Waals surface area (Å²) in [5.74, 6) is -1.54. The summed E-state index contributed by atoms with van der Waals surface area (Å²) in [6.45, 7) is 8.74. The first kappa shape index (κ1) is 30.3. The largest absolute Gasteiger partial charge is 0.459 e. The number of alkyl carbamates (subject to hydrolysis) is 1. The lowest BCUT2D eigenvalue weighted by Gasteiger charge is -2.24. The van der Waals surface area contributed by atoms with Crippen LogP contribution in [0, 0.1) is 5.92 Å². The Morgan fingerprint density at radius 1 is 0.816 bits per heavy atom. The summed E-state index contributed by atoms with van der Waals surface area (Å²) in [4.78, 5) is 50.8. The second-order valence-electron chi connectivity index (χ2n) is 10.4. The van der Waals surface area contributed by atoms with Crippen molar-refractivity contribution in [1.29, 1.82) is 0 Å². The molecular weight excluding hydrogens is 486 g/mol. The molecule has 0 heterocycles. The number of rotatable bonds is 12. The predicted octanol–water partition coefficient (Wildman–Crippen LogP) is 3.51. The molecule has 38 heavy (non-hydrogen) atoms. The topological polar surface area (TPSA) is 123 Å². The molecule has 3 amide bonds. The van der Waals surface area contributed by atoms with Crippen LogP contribution >= 0.6 is 0 Å². The second kappa shape index (κ2) is 14.8. The van der Waals surface area contributed by atoms with Crippen molar-refractivity contribution < 1.29 is 28.7 Å². The Morgan fingerprint density at radius 3 is 1.95 bits per heavy atom. The molecule has 2 unspecified atom stereocenters. The van der Waals surface area contributed by atoms with E-state index in [0.29, 0.717) is 6.42 Å². The van der Waals surface area contributed by atoms with E-state index >= 15 is 0 Å². The molecule has 0 aliphatic heterocycles. The Bertz CT molecular complexity index is 1050. The molecule has 0 fully saturated rings. The summed E-state index contributed by atoms with van der Waals surface area (Å²) in [6.07, 6.45) is -0.181. The van der Waals surface area contributed by atoms with Crippen LogP contribution in [0.4, 0.5) is 4.79 Å². The monoisotopic (exact) mass is 525 g/mol. The molecule has 0 aromatic heterocycles. The number of ether oxygens (including phenoxy) is 2. The average Bonchev–Trinajstić information content (AvgIpc) is 2.85. The first-order chi connectivity index (χ1) is 17.9. The van der Waals surface area contributed by atoms with Gasteiger partial charge in [0.2, 0.25) is 11.8 Å². The predicted molar refractivity (Wildman–Crippen MR) is 144 cm³/mol. The van der Waals surface area contributed by atoms with Crippen LogP contribution in [0.2, 0.25) is 0 Å². The van der Waals surface area contributed by atoms with Crippen LogP contribution in [0.5, 0.6) is 0 Å². The molecule has 0 spiro atoms. The van der Waals surface area contributed by atoms with E-state index in [0.717, 1.165) is 11.1 Å². The minimum Gasteiger partial charge on any atom is -0.459 e. The molecule has 206 valence electrons. The highest BCUT2D eigenvalue weighted by Gasteiger charge is 2.29. The van der Waals surface area contributed by atoms with Crippen LogP contribution < -0.4 is 16.0 Å². The van der Waals surface area contributed by atoms with Crippen molar-refractivity contribution in [3.63, 3.8) is 0 Å². The van der Waals surface area contributed by atoms with Gasteiger partial charge < -0.3 is 25.4 Å². The summed E-state index contributed by atoms with van der Waals surface area (Å²) >= 11 is 0. The van der Waals surface area contributed by atoms with Gasteiger partial charge in [-0.05, 0) is 44.2 Å². The van der Waals surface area contributed by atoms with E-state index in [9.17, 15) is 19.2 Å². The van der Waals surface area contributed by atoms with Crippen LogP contribution in [-0.4, -0.2) is 48.1 Å². The summed E-state index contributed by atoms with van der Waals surface area (Å²) in [5, 5.41) is 7.82. The van der Waals surface area contributed by atoms with E-state index in [2.05, 4.69) is 16.0 Å². The van der Waals surface area contributed by atoms with Crippen LogP contribution in [0.1, 0.15) is 52.2 Å². The maximum atomic E-state index is 13.3. The van der Waals surface area contributed by atoms with Gasteiger partial charge in [-0.3, -0.25) is 9.59 Å². The lowest BCUT2D eigenvalue weighted by molar-refractivity contribution is -0.149. The number of amides is 3. The summed E-state index contributed by atoms with van der Waals surface area (Å²) in [7, 11) is 0. The molecule has 9 heteroatoms. The Balaban J connectivity index is 2.08. The lowest BCUT2D eigenvalue weighted by atomic mass is 10.0. The van der Waals surface area contributed by atoms with E-state index in [4.69, 9.17) is 9.47 Å². The van der Waals surface area contributed by atoms with Crippen LogP contribution in [0.3, 0.4) is 0 Å². The van der Waals surface area contributed by atoms with Crippen molar-refractivity contribution in [3.8, 4) is 0 Å². The van der Waals surface area contributed by atoms with Gasteiger partial charge >= 0.3 is 12.1 Å². The number of carbonyl (C=O) groups is 4. The van der Waals surface area contributed by atoms with Gasteiger partial charge in [-0.15, -0.1) is 0 Å². The number of nitrogens with one attached hydrogen (secondary N) is 3.